The second kappa shape index (κ2) is 7.47. The summed E-state index contributed by atoms with van der Waals surface area (Å²) in [6.45, 7) is 7.35. The van der Waals surface area contributed by atoms with E-state index in [1.807, 2.05) is 0 Å². The summed E-state index contributed by atoms with van der Waals surface area (Å²) in [7, 11) is 0. The van der Waals surface area contributed by atoms with Gasteiger partial charge in [0.1, 0.15) is 0 Å². The number of aromatic nitrogens is 1. The summed E-state index contributed by atoms with van der Waals surface area (Å²) in [5.41, 5.74) is 3.71. The molecule has 0 saturated heterocycles. The van der Waals surface area contributed by atoms with E-state index in [2.05, 4.69) is 77.6 Å². The highest BCUT2D eigenvalue weighted by atomic mass is 32.1. The van der Waals surface area contributed by atoms with Crippen LogP contribution in [-0.4, -0.2) is 24.6 Å². The molecule has 4 heteroatoms. The van der Waals surface area contributed by atoms with E-state index in [1.54, 1.807) is 11.3 Å². The minimum atomic E-state index is 0.909. The van der Waals surface area contributed by atoms with Crippen LogP contribution in [0.1, 0.15) is 19.4 Å². The van der Waals surface area contributed by atoms with E-state index in [0.29, 0.717) is 0 Å². The number of thiazole rings is 1. The van der Waals surface area contributed by atoms with Crippen LogP contribution in [0.15, 0.2) is 48.5 Å². The maximum Gasteiger partial charge on any atom is 0.183 e. The lowest BCUT2D eigenvalue weighted by molar-refractivity contribution is 0.867. The van der Waals surface area contributed by atoms with Crippen LogP contribution in [0.25, 0.3) is 10.2 Å². The van der Waals surface area contributed by atoms with Gasteiger partial charge in [-0.1, -0.05) is 41.7 Å². The van der Waals surface area contributed by atoms with Crippen LogP contribution in [0.2, 0.25) is 0 Å². The first-order chi connectivity index (χ1) is 11.3. The molecular weight excluding hydrogens is 302 g/mol. The topological polar surface area (TPSA) is 28.2 Å². The Morgan fingerprint density at radius 3 is 2.57 bits per heavy atom. The molecule has 0 saturated carbocycles. The maximum absolute atomic E-state index is 4.68. The standard InChI is InChI=1S/C19H23N3S/c1-3-22(4-2)16-10-11-17-18(14-16)23-19(21-17)20-13-12-15-8-6-5-7-9-15/h5-11,14H,3-4,12-13H2,1-2H3,(H,20,21). The van der Waals surface area contributed by atoms with Gasteiger partial charge in [-0.05, 0) is 44.0 Å². The van der Waals surface area contributed by atoms with E-state index >= 15 is 0 Å². The molecular formula is C19H23N3S. The van der Waals surface area contributed by atoms with Gasteiger partial charge in [-0.2, -0.15) is 0 Å². The Kier molecular flexibility index (Phi) is 5.13. The largest absolute Gasteiger partial charge is 0.372 e. The summed E-state index contributed by atoms with van der Waals surface area (Å²) < 4.78 is 1.25. The van der Waals surface area contributed by atoms with Gasteiger partial charge in [-0.25, -0.2) is 4.98 Å². The predicted molar refractivity (Wildman–Crippen MR) is 102 cm³/mol. The normalized spacial score (nSPS) is 10.9. The third-order valence-corrected chi connectivity index (χ3v) is 5.01. The summed E-state index contributed by atoms with van der Waals surface area (Å²) in [6.07, 6.45) is 1.02. The van der Waals surface area contributed by atoms with Crippen molar-refractivity contribution in [1.82, 2.24) is 4.98 Å². The fourth-order valence-corrected chi connectivity index (χ4v) is 3.66. The molecule has 1 aromatic heterocycles. The van der Waals surface area contributed by atoms with E-state index < -0.39 is 0 Å². The molecule has 0 amide bonds. The van der Waals surface area contributed by atoms with E-state index in [1.165, 1.54) is 16.0 Å². The Balaban J connectivity index is 1.67. The number of fused-ring (bicyclic) bond motifs is 1. The Morgan fingerprint density at radius 2 is 1.83 bits per heavy atom. The zero-order chi connectivity index (χ0) is 16.1. The van der Waals surface area contributed by atoms with Gasteiger partial charge in [0, 0.05) is 25.3 Å². The highest BCUT2D eigenvalue weighted by Crippen LogP contribution is 2.29. The van der Waals surface area contributed by atoms with Crippen LogP contribution in [0.5, 0.6) is 0 Å². The van der Waals surface area contributed by atoms with Crippen LogP contribution in [0, 0.1) is 0 Å². The lowest BCUT2D eigenvalue weighted by Gasteiger charge is -2.20. The van der Waals surface area contributed by atoms with Crippen molar-refractivity contribution in [2.75, 3.05) is 29.9 Å². The van der Waals surface area contributed by atoms with Crippen molar-refractivity contribution in [3.8, 4) is 0 Å². The lowest BCUT2D eigenvalue weighted by atomic mass is 10.2. The second-order valence-electron chi connectivity index (χ2n) is 5.51. The maximum atomic E-state index is 4.68. The molecule has 0 spiro atoms. The molecule has 1 N–H and O–H groups in total. The average Bonchev–Trinajstić information content (AvgIpc) is 2.99. The van der Waals surface area contributed by atoms with Gasteiger partial charge in [0.2, 0.25) is 0 Å². The summed E-state index contributed by atoms with van der Waals surface area (Å²) >= 11 is 1.74. The first kappa shape index (κ1) is 15.8. The Hall–Kier alpha value is -2.07. The number of rotatable bonds is 7. The van der Waals surface area contributed by atoms with Gasteiger partial charge in [0.15, 0.2) is 5.13 Å². The molecule has 0 aliphatic rings. The van der Waals surface area contributed by atoms with Gasteiger partial charge in [-0.3, -0.25) is 0 Å². The fraction of sp³-hybridized carbons (Fsp3) is 0.316. The third kappa shape index (κ3) is 3.82. The van der Waals surface area contributed by atoms with E-state index in [4.69, 9.17) is 0 Å². The molecule has 0 fully saturated rings. The first-order valence-electron chi connectivity index (χ1n) is 8.23. The van der Waals surface area contributed by atoms with Crippen LogP contribution < -0.4 is 10.2 Å². The molecule has 23 heavy (non-hydrogen) atoms. The number of nitrogens with zero attached hydrogens (tertiary/aromatic N) is 2. The Morgan fingerprint density at radius 1 is 1.04 bits per heavy atom. The molecule has 0 aliphatic heterocycles. The smallest absolute Gasteiger partial charge is 0.183 e. The van der Waals surface area contributed by atoms with E-state index in [-0.39, 0.29) is 0 Å². The summed E-state index contributed by atoms with van der Waals surface area (Å²) in [5, 5.41) is 4.46. The van der Waals surface area contributed by atoms with Crippen LogP contribution in [0.4, 0.5) is 10.8 Å². The number of hydrogen-bond acceptors (Lipinski definition) is 4. The average molecular weight is 325 g/mol. The molecule has 3 rings (SSSR count). The van der Waals surface area contributed by atoms with E-state index in [9.17, 15) is 0 Å². The second-order valence-corrected chi connectivity index (χ2v) is 6.54. The molecule has 120 valence electrons. The zero-order valence-electron chi connectivity index (χ0n) is 13.7. The van der Waals surface area contributed by atoms with Gasteiger partial charge in [-0.15, -0.1) is 0 Å². The first-order valence-corrected chi connectivity index (χ1v) is 9.05. The highest BCUT2D eigenvalue weighted by Gasteiger charge is 2.07. The summed E-state index contributed by atoms with van der Waals surface area (Å²) in [6, 6.07) is 17.1. The monoisotopic (exact) mass is 325 g/mol. The molecule has 0 unspecified atom stereocenters. The lowest BCUT2D eigenvalue weighted by Crippen LogP contribution is -2.21. The number of anilines is 2. The van der Waals surface area contributed by atoms with Crippen molar-refractivity contribution in [3.05, 3.63) is 54.1 Å². The quantitative estimate of drug-likeness (QED) is 0.676. The van der Waals surface area contributed by atoms with Crippen molar-refractivity contribution in [1.29, 1.82) is 0 Å². The Bertz CT molecular complexity index is 748. The van der Waals surface area contributed by atoms with Crippen LogP contribution in [-0.2, 0) is 6.42 Å². The molecule has 2 aromatic carbocycles. The van der Waals surface area contributed by atoms with Gasteiger partial charge in [0.25, 0.3) is 0 Å². The molecule has 0 atom stereocenters. The summed E-state index contributed by atoms with van der Waals surface area (Å²) in [5.74, 6) is 0. The number of hydrogen-bond donors (Lipinski definition) is 1. The van der Waals surface area contributed by atoms with Crippen molar-refractivity contribution in [2.24, 2.45) is 0 Å². The molecule has 3 aromatic rings. The van der Waals surface area contributed by atoms with Gasteiger partial charge in [0.05, 0.1) is 10.2 Å². The zero-order valence-corrected chi connectivity index (χ0v) is 14.6. The SMILES string of the molecule is CCN(CC)c1ccc2nc(NCCc3ccccc3)sc2c1. The number of benzene rings is 2. The van der Waals surface area contributed by atoms with E-state index in [0.717, 1.165) is 36.7 Å². The highest BCUT2D eigenvalue weighted by molar-refractivity contribution is 7.22. The van der Waals surface area contributed by atoms with Crippen molar-refractivity contribution in [2.45, 2.75) is 20.3 Å². The molecule has 1 heterocycles. The van der Waals surface area contributed by atoms with Crippen molar-refractivity contribution < 1.29 is 0 Å². The van der Waals surface area contributed by atoms with Gasteiger partial charge < -0.3 is 10.2 Å². The third-order valence-electron chi connectivity index (χ3n) is 4.03. The van der Waals surface area contributed by atoms with Crippen LogP contribution >= 0.6 is 11.3 Å². The van der Waals surface area contributed by atoms with Crippen molar-refractivity contribution in [3.63, 3.8) is 0 Å². The van der Waals surface area contributed by atoms with Crippen LogP contribution in [0.3, 0.4) is 0 Å². The molecule has 0 aliphatic carbocycles. The van der Waals surface area contributed by atoms with Crippen molar-refractivity contribution >= 4 is 32.4 Å². The Labute approximate surface area is 142 Å². The predicted octanol–water partition coefficient (Wildman–Crippen LogP) is 4.80. The fourth-order valence-electron chi connectivity index (χ4n) is 2.73. The molecule has 0 radical (unpaired) electrons. The van der Waals surface area contributed by atoms with Gasteiger partial charge >= 0.3 is 0 Å². The molecule has 0 bridgehead atoms. The number of nitrogens with one attached hydrogen (secondary N) is 1. The molecule has 3 nitrogen and oxygen atoms in total. The summed E-state index contributed by atoms with van der Waals surface area (Å²) in [4.78, 5) is 7.05. The minimum absolute atomic E-state index is 0.909. The minimum Gasteiger partial charge on any atom is -0.372 e.